The second-order valence-corrected chi connectivity index (χ2v) is 6.66. The number of hydrogen-bond acceptors (Lipinski definition) is 2. The molecular weight excluding hydrogens is 412 g/mol. The second-order valence-electron chi connectivity index (χ2n) is 3.82. The molecule has 0 saturated heterocycles. The van der Waals surface area contributed by atoms with Crippen LogP contribution in [0.15, 0.2) is 33.9 Å². The molecule has 1 aromatic carbocycles. The number of nitrogens with zero attached hydrogens (tertiary/aromatic N) is 2. The summed E-state index contributed by atoms with van der Waals surface area (Å²) in [4.78, 5) is -0.208. The van der Waals surface area contributed by atoms with E-state index in [0.29, 0.717) is 10.2 Å². The fourth-order valence-corrected chi connectivity index (χ4v) is 3.66. The molecule has 1 heterocycles. The molecule has 0 aliphatic heterocycles. The van der Waals surface area contributed by atoms with Gasteiger partial charge in [-0.05, 0) is 23.9 Å². The van der Waals surface area contributed by atoms with Crippen LogP contribution in [-0.4, -0.2) is 10.1 Å². The van der Waals surface area contributed by atoms with Gasteiger partial charge >= 0.3 is 5.51 Å². The number of rotatable bonds is 2. The molecule has 0 atom stereocenters. The van der Waals surface area contributed by atoms with Crippen molar-refractivity contribution in [3.05, 3.63) is 44.6 Å². The largest absolute Gasteiger partial charge is 0.446 e. The first-order valence-corrected chi connectivity index (χ1v) is 7.60. The number of thioether (sulfide) groups is 1. The minimum absolute atomic E-state index is 0.104. The lowest BCUT2D eigenvalue weighted by Crippen LogP contribution is -1.99. The molecule has 0 unspecified atom stereocenters. The average Bonchev–Trinajstić information content (AvgIpc) is 2.67. The van der Waals surface area contributed by atoms with Gasteiger partial charge in [-0.2, -0.15) is 18.4 Å². The van der Waals surface area contributed by atoms with E-state index in [-0.39, 0.29) is 32.3 Å². The third-order valence-electron chi connectivity index (χ3n) is 2.38. The molecule has 0 saturated carbocycles. The fourth-order valence-electron chi connectivity index (χ4n) is 1.64. The summed E-state index contributed by atoms with van der Waals surface area (Å²) in [7, 11) is 0. The molecule has 0 radical (unpaired) electrons. The molecule has 110 valence electrons. The highest BCUT2D eigenvalue weighted by Gasteiger charge is 2.31. The first kappa shape index (κ1) is 16.6. The molecular formula is C12H4BrCl2F3N2S. The zero-order valence-corrected chi connectivity index (χ0v) is 13.8. The Morgan fingerprint density at radius 2 is 1.76 bits per heavy atom. The minimum Gasteiger partial charge on any atom is -0.319 e. The maximum absolute atomic E-state index is 12.5. The van der Waals surface area contributed by atoms with Crippen LogP contribution in [0.4, 0.5) is 13.2 Å². The SMILES string of the molecule is N#Cc1cn(-c2c(Cl)cc(Br)cc2Cl)cc1SC(F)(F)F. The van der Waals surface area contributed by atoms with E-state index in [0.717, 1.165) is 0 Å². The molecule has 9 heteroatoms. The van der Waals surface area contributed by atoms with E-state index in [1.807, 2.05) is 0 Å². The van der Waals surface area contributed by atoms with Gasteiger partial charge in [-0.25, -0.2) is 0 Å². The van der Waals surface area contributed by atoms with Crippen LogP contribution in [-0.2, 0) is 0 Å². The molecule has 0 aliphatic rings. The summed E-state index contributed by atoms with van der Waals surface area (Å²) in [6, 6.07) is 4.84. The Morgan fingerprint density at radius 1 is 1.19 bits per heavy atom. The highest BCUT2D eigenvalue weighted by Crippen LogP contribution is 2.40. The first-order chi connectivity index (χ1) is 9.71. The monoisotopic (exact) mass is 414 g/mol. The summed E-state index contributed by atoms with van der Waals surface area (Å²) in [5, 5.41) is 9.44. The van der Waals surface area contributed by atoms with E-state index in [1.54, 1.807) is 18.2 Å². The smallest absolute Gasteiger partial charge is 0.319 e. The van der Waals surface area contributed by atoms with Gasteiger partial charge in [0.05, 0.1) is 26.2 Å². The van der Waals surface area contributed by atoms with Gasteiger partial charge in [0.15, 0.2) is 0 Å². The molecule has 21 heavy (non-hydrogen) atoms. The van der Waals surface area contributed by atoms with Crippen LogP contribution in [0.1, 0.15) is 5.56 Å². The molecule has 0 amide bonds. The van der Waals surface area contributed by atoms with Crippen LogP contribution in [0.5, 0.6) is 0 Å². The lowest BCUT2D eigenvalue weighted by atomic mass is 10.3. The summed E-state index contributed by atoms with van der Waals surface area (Å²) in [6.45, 7) is 0. The zero-order valence-electron chi connectivity index (χ0n) is 9.88. The Labute approximate surface area is 140 Å². The van der Waals surface area contributed by atoms with Crippen LogP contribution in [0.2, 0.25) is 10.0 Å². The normalized spacial score (nSPS) is 11.5. The van der Waals surface area contributed by atoms with Crippen LogP contribution in [0.3, 0.4) is 0 Å². The van der Waals surface area contributed by atoms with E-state index in [1.165, 1.54) is 17.0 Å². The van der Waals surface area contributed by atoms with Crippen LogP contribution >= 0.6 is 50.9 Å². The Hall–Kier alpha value is -0.810. The highest BCUT2D eigenvalue weighted by atomic mass is 79.9. The van der Waals surface area contributed by atoms with Gasteiger partial charge in [-0.1, -0.05) is 39.1 Å². The van der Waals surface area contributed by atoms with E-state index in [4.69, 9.17) is 28.5 Å². The molecule has 0 bridgehead atoms. The molecule has 0 fully saturated rings. The summed E-state index contributed by atoms with van der Waals surface area (Å²) >= 11 is 15.0. The number of hydrogen-bond donors (Lipinski definition) is 0. The van der Waals surface area contributed by atoms with Crippen LogP contribution < -0.4 is 0 Å². The van der Waals surface area contributed by atoms with Crippen molar-refractivity contribution in [3.63, 3.8) is 0 Å². The Balaban J connectivity index is 2.55. The van der Waals surface area contributed by atoms with E-state index >= 15 is 0 Å². The summed E-state index contributed by atoms with van der Waals surface area (Å²) < 4.78 is 39.3. The van der Waals surface area contributed by atoms with Gasteiger partial charge < -0.3 is 4.57 Å². The molecule has 1 aromatic heterocycles. The highest BCUT2D eigenvalue weighted by molar-refractivity contribution is 9.10. The number of alkyl halides is 3. The Bertz CT molecular complexity index is 714. The fraction of sp³-hybridized carbons (Fsp3) is 0.0833. The minimum atomic E-state index is -4.48. The third kappa shape index (κ3) is 3.89. The molecule has 2 aromatic rings. The zero-order chi connectivity index (χ0) is 15.8. The molecule has 0 aliphatic carbocycles. The van der Waals surface area contributed by atoms with Crippen molar-refractivity contribution < 1.29 is 13.2 Å². The summed E-state index contributed by atoms with van der Waals surface area (Å²) in [5.74, 6) is 0. The van der Waals surface area contributed by atoms with Gasteiger partial charge in [-0.15, -0.1) is 0 Å². The predicted octanol–water partition coefficient (Wildman–Crippen LogP) is 6.03. The van der Waals surface area contributed by atoms with Crippen molar-refractivity contribution in [2.24, 2.45) is 0 Å². The predicted molar refractivity (Wildman–Crippen MR) is 80.1 cm³/mol. The number of benzene rings is 1. The van der Waals surface area contributed by atoms with Gasteiger partial charge in [0.1, 0.15) is 6.07 Å². The van der Waals surface area contributed by atoms with Crippen LogP contribution in [0, 0.1) is 11.3 Å². The van der Waals surface area contributed by atoms with Gasteiger partial charge in [0, 0.05) is 16.9 Å². The second kappa shape index (κ2) is 6.13. The van der Waals surface area contributed by atoms with E-state index < -0.39 is 5.51 Å². The lowest BCUT2D eigenvalue weighted by molar-refractivity contribution is -0.0328. The van der Waals surface area contributed by atoms with Crippen LogP contribution in [0.25, 0.3) is 5.69 Å². The molecule has 0 spiro atoms. The lowest BCUT2D eigenvalue weighted by Gasteiger charge is -2.09. The topological polar surface area (TPSA) is 28.7 Å². The van der Waals surface area contributed by atoms with Crippen molar-refractivity contribution in [2.45, 2.75) is 10.4 Å². The Morgan fingerprint density at radius 3 is 2.24 bits per heavy atom. The molecule has 0 N–H and O–H groups in total. The maximum Gasteiger partial charge on any atom is 0.446 e. The quantitative estimate of drug-likeness (QED) is 0.560. The van der Waals surface area contributed by atoms with Crippen molar-refractivity contribution >= 4 is 50.9 Å². The van der Waals surface area contributed by atoms with Gasteiger partial charge in [0.2, 0.25) is 0 Å². The number of nitriles is 1. The van der Waals surface area contributed by atoms with Crippen molar-refractivity contribution in [1.82, 2.24) is 4.57 Å². The summed E-state index contributed by atoms with van der Waals surface area (Å²) in [6.07, 6.45) is 2.44. The standard InChI is InChI=1S/C12H4BrCl2F3N2S/c13-7-1-8(14)11(9(15)2-7)20-4-6(3-19)10(5-20)21-12(16,17)18/h1-2,4-5H. The first-order valence-electron chi connectivity index (χ1n) is 5.24. The maximum atomic E-state index is 12.5. The van der Waals surface area contributed by atoms with E-state index in [2.05, 4.69) is 15.9 Å². The average molecular weight is 416 g/mol. The van der Waals surface area contributed by atoms with Crippen molar-refractivity contribution in [3.8, 4) is 11.8 Å². The summed E-state index contributed by atoms with van der Waals surface area (Å²) in [5.41, 5.74) is -4.27. The van der Waals surface area contributed by atoms with Crippen molar-refractivity contribution in [2.75, 3.05) is 0 Å². The van der Waals surface area contributed by atoms with E-state index in [9.17, 15) is 13.2 Å². The number of aromatic nitrogens is 1. The third-order valence-corrected chi connectivity index (χ3v) is 4.19. The molecule has 2 nitrogen and oxygen atoms in total. The van der Waals surface area contributed by atoms with Gasteiger partial charge in [-0.3, -0.25) is 0 Å². The van der Waals surface area contributed by atoms with Crippen molar-refractivity contribution in [1.29, 1.82) is 5.26 Å². The number of halogens is 6. The molecule has 2 rings (SSSR count). The Kier molecular flexibility index (Phi) is 4.83. The van der Waals surface area contributed by atoms with Gasteiger partial charge in [0.25, 0.3) is 0 Å².